The summed E-state index contributed by atoms with van der Waals surface area (Å²) >= 11 is 7.34. The zero-order valence-corrected chi connectivity index (χ0v) is 21.2. The van der Waals surface area contributed by atoms with Crippen LogP contribution in [0.5, 0.6) is 0 Å². The average Bonchev–Trinajstić information content (AvgIpc) is 3.22. The van der Waals surface area contributed by atoms with Crippen LogP contribution >= 0.6 is 35.3 Å². The van der Waals surface area contributed by atoms with Crippen molar-refractivity contribution in [2.45, 2.75) is 4.90 Å². The summed E-state index contributed by atoms with van der Waals surface area (Å²) < 4.78 is 56.0. The zero-order chi connectivity index (χ0) is 23.5. The van der Waals surface area contributed by atoms with E-state index in [-0.39, 0.29) is 28.2 Å². The van der Waals surface area contributed by atoms with Gasteiger partial charge in [-0.05, 0) is 38.4 Å². The highest BCUT2D eigenvalue weighted by Crippen LogP contribution is 2.35. The molecule has 1 aromatic heterocycles. The Morgan fingerprint density at radius 2 is 1.82 bits per heavy atom. The van der Waals surface area contributed by atoms with Crippen LogP contribution in [0, 0.1) is 11.6 Å². The molecule has 0 aliphatic carbocycles. The molecule has 0 unspecified atom stereocenters. The van der Waals surface area contributed by atoms with E-state index in [0.717, 1.165) is 30.0 Å². The van der Waals surface area contributed by atoms with E-state index in [1.807, 2.05) is 30.9 Å². The Hall–Kier alpha value is -2.18. The first-order chi connectivity index (χ1) is 15.1. The molecule has 33 heavy (non-hydrogen) atoms. The van der Waals surface area contributed by atoms with Gasteiger partial charge in [0.2, 0.25) is 0 Å². The largest absolute Gasteiger partial charge is 0.372 e. The van der Waals surface area contributed by atoms with Crippen LogP contribution in [0.3, 0.4) is 0 Å². The minimum Gasteiger partial charge on any atom is -0.372 e. The number of nitrogens with zero attached hydrogens (tertiary/aromatic N) is 3. The summed E-state index contributed by atoms with van der Waals surface area (Å²) in [6.45, 7) is 1.35. The normalized spacial score (nSPS) is 11.2. The minimum absolute atomic E-state index is 0. The lowest BCUT2D eigenvalue weighted by Crippen LogP contribution is -2.29. The van der Waals surface area contributed by atoms with Crippen LogP contribution in [0.15, 0.2) is 46.8 Å². The molecule has 1 heterocycles. The van der Waals surface area contributed by atoms with Gasteiger partial charge in [0.05, 0.1) is 22.1 Å². The van der Waals surface area contributed by atoms with E-state index in [2.05, 4.69) is 15.0 Å². The Morgan fingerprint density at radius 3 is 2.45 bits per heavy atom. The molecule has 0 spiro atoms. The lowest BCUT2D eigenvalue weighted by atomic mass is 10.2. The second-order valence-electron chi connectivity index (χ2n) is 7.22. The third-order valence-corrected chi connectivity index (χ3v) is 6.97. The van der Waals surface area contributed by atoms with Gasteiger partial charge in [-0.3, -0.25) is 4.72 Å². The van der Waals surface area contributed by atoms with E-state index >= 15 is 0 Å². The van der Waals surface area contributed by atoms with E-state index in [4.69, 9.17) is 11.6 Å². The van der Waals surface area contributed by atoms with Crippen LogP contribution in [0.25, 0.3) is 0 Å². The van der Waals surface area contributed by atoms with E-state index in [1.54, 1.807) is 5.38 Å². The van der Waals surface area contributed by atoms with Gasteiger partial charge in [0.25, 0.3) is 10.0 Å². The van der Waals surface area contributed by atoms with E-state index < -0.39 is 26.6 Å². The maximum Gasteiger partial charge on any atom is 0.266 e. The van der Waals surface area contributed by atoms with E-state index in [9.17, 15) is 17.2 Å². The lowest BCUT2D eigenvalue weighted by molar-refractivity contribution is 0.416. The number of hydrogen-bond acceptors (Lipinski definition) is 7. The highest BCUT2D eigenvalue weighted by atomic mass is 35.5. The van der Waals surface area contributed by atoms with Gasteiger partial charge in [0.1, 0.15) is 16.5 Å². The third-order valence-electron chi connectivity index (χ3n) is 4.49. The molecule has 0 fully saturated rings. The Labute approximate surface area is 206 Å². The molecule has 0 amide bonds. The fourth-order valence-electron chi connectivity index (χ4n) is 2.82. The molecule has 3 aromatic rings. The molecule has 3 rings (SSSR count). The number of aromatic nitrogens is 1. The Kier molecular flexibility index (Phi) is 9.27. The molecule has 0 aliphatic rings. The van der Waals surface area contributed by atoms with Crippen molar-refractivity contribution >= 4 is 67.6 Å². The number of anilines is 4. The zero-order valence-electron chi connectivity index (χ0n) is 18.0. The fourth-order valence-corrected chi connectivity index (χ4v) is 4.97. The van der Waals surface area contributed by atoms with Crippen molar-refractivity contribution in [3.8, 4) is 0 Å². The van der Waals surface area contributed by atoms with Gasteiger partial charge in [-0.1, -0.05) is 11.6 Å². The van der Waals surface area contributed by atoms with Crippen LogP contribution in [0.1, 0.15) is 0 Å². The van der Waals surface area contributed by atoms with E-state index in [1.165, 1.54) is 24.4 Å². The van der Waals surface area contributed by atoms with Gasteiger partial charge in [0, 0.05) is 37.8 Å². The number of nitrogens with one attached hydrogen (secondary N) is 2. The molecule has 0 aliphatic heterocycles. The highest BCUT2D eigenvalue weighted by molar-refractivity contribution is 7.93. The first kappa shape index (κ1) is 27.1. The monoisotopic (exact) mass is 537 g/mol. The van der Waals surface area contributed by atoms with Crippen molar-refractivity contribution in [3.05, 3.63) is 58.6 Å². The highest BCUT2D eigenvalue weighted by Gasteiger charge is 2.23. The molecular formula is C20H23Cl2F2N5O2S2. The predicted octanol–water partition coefficient (Wildman–Crippen LogP) is 5.04. The van der Waals surface area contributed by atoms with Crippen LogP contribution in [0.4, 0.5) is 31.0 Å². The molecule has 0 saturated heterocycles. The third kappa shape index (κ3) is 6.90. The van der Waals surface area contributed by atoms with Crippen molar-refractivity contribution in [2.24, 2.45) is 0 Å². The van der Waals surface area contributed by atoms with Gasteiger partial charge in [0.15, 0.2) is 5.13 Å². The second-order valence-corrected chi connectivity index (χ2v) is 10.2. The minimum atomic E-state index is -4.22. The number of benzene rings is 2. The Bertz CT molecular complexity index is 1200. The molecule has 7 nitrogen and oxygen atoms in total. The Morgan fingerprint density at radius 1 is 1.09 bits per heavy atom. The van der Waals surface area contributed by atoms with Crippen molar-refractivity contribution in [2.75, 3.05) is 49.2 Å². The number of hydrogen-bond donors (Lipinski definition) is 2. The van der Waals surface area contributed by atoms with Gasteiger partial charge >= 0.3 is 0 Å². The second kappa shape index (κ2) is 11.3. The summed E-state index contributed by atoms with van der Waals surface area (Å²) in [4.78, 5) is 7.08. The molecule has 2 N–H and O–H groups in total. The number of sulfonamides is 1. The fraction of sp³-hybridized carbons (Fsp3) is 0.250. The quantitative estimate of drug-likeness (QED) is 0.398. The van der Waals surface area contributed by atoms with Gasteiger partial charge in [-0.2, -0.15) is 0 Å². The summed E-state index contributed by atoms with van der Waals surface area (Å²) in [6.07, 6.45) is 1.43. The maximum atomic E-state index is 14.8. The smallest absolute Gasteiger partial charge is 0.266 e. The molecule has 0 bridgehead atoms. The number of likely N-dealkylation sites (N-methyl/N-ethyl adjacent to an activating group) is 2. The van der Waals surface area contributed by atoms with Crippen molar-refractivity contribution in [3.63, 3.8) is 0 Å². The average molecular weight is 538 g/mol. The van der Waals surface area contributed by atoms with Crippen LogP contribution < -0.4 is 14.9 Å². The van der Waals surface area contributed by atoms with Crippen LogP contribution in [-0.2, 0) is 10.0 Å². The summed E-state index contributed by atoms with van der Waals surface area (Å²) in [5, 5.41) is 4.66. The SMILES string of the molecule is CN(C)CCN(C)c1cc(F)ccc1Nc1cc(F)c(S(=O)(=O)Nc2nccs2)cc1Cl.Cl. The van der Waals surface area contributed by atoms with Crippen molar-refractivity contribution < 1.29 is 17.2 Å². The van der Waals surface area contributed by atoms with Crippen molar-refractivity contribution in [1.82, 2.24) is 9.88 Å². The first-order valence-electron chi connectivity index (χ1n) is 9.40. The van der Waals surface area contributed by atoms with Crippen LogP contribution in [0.2, 0.25) is 5.02 Å². The van der Waals surface area contributed by atoms with Crippen molar-refractivity contribution in [1.29, 1.82) is 0 Å². The summed E-state index contributed by atoms with van der Waals surface area (Å²) in [5.74, 6) is -1.42. The maximum absolute atomic E-state index is 14.8. The number of rotatable bonds is 9. The molecule has 0 atom stereocenters. The first-order valence-corrected chi connectivity index (χ1v) is 12.1. The lowest BCUT2D eigenvalue weighted by Gasteiger charge is -2.25. The molecule has 2 aromatic carbocycles. The molecule has 180 valence electrons. The van der Waals surface area contributed by atoms with Crippen LogP contribution in [-0.4, -0.2) is 52.5 Å². The standard InChI is InChI=1S/C20H22ClF2N5O2S2.ClH/c1-27(2)7-8-28(3)18-10-13(22)4-5-16(18)25-17-12-15(23)19(11-14(17)21)32(29,30)26-20-24-6-9-31-20;/h4-6,9-12,25H,7-8H2,1-3H3,(H,24,26);1H. The summed E-state index contributed by atoms with van der Waals surface area (Å²) in [6, 6.07) is 6.16. The molecular weight excluding hydrogens is 515 g/mol. The van der Waals surface area contributed by atoms with Gasteiger partial charge in [-0.25, -0.2) is 22.2 Å². The predicted molar refractivity (Wildman–Crippen MR) is 133 cm³/mol. The van der Waals surface area contributed by atoms with E-state index in [0.29, 0.717) is 17.9 Å². The van der Waals surface area contributed by atoms with Gasteiger partial charge in [-0.15, -0.1) is 23.7 Å². The van der Waals surface area contributed by atoms with Gasteiger partial charge < -0.3 is 15.1 Å². The Balaban J connectivity index is 0.00000385. The number of halogens is 4. The summed E-state index contributed by atoms with van der Waals surface area (Å²) in [7, 11) is 1.45. The topological polar surface area (TPSA) is 77.6 Å². The number of thiazole rings is 1. The molecule has 0 saturated carbocycles. The molecule has 13 heteroatoms. The molecule has 0 radical (unpaired) electrons. The summed E-state index contributed by atoms with van der Waals surface area (Å²) in [5.41, 5.74) is 1.18.